The number of carbonyl (C=O) groups excluding carboxylic acids is 2. The predicted molar refractivity (Wildman–Crippen MR) is 102 cm³/mol. The molecule has 1 N–H and O–H groups in total. The van der Waals surface area contributed by atoms with Crippen LogP contribution in [0.2, 0.25) is 0 Å². The fourth-order valence-electron chi connectivity index (χ4n) is 2.56. The minimum Gasteiger partial charge on any atom is -0.337 e. The third-order valence-electron chi connectivity index (χ3n) is 3.54. The van der Waals surface area contributed by atoms with E-state index >= 15 is 0 Å². The molecule has 0 atom stereocenters. The van der Waals surface area contributed by atoms with Gasteiger partial charge >= 0.3 is 0 Å². The Morgan fingerprint density at radius 2 is 1.74 bits per heavy atom. The Morgan fingerprint density at radius 3 is 2.30 bits per heavy atom. The van der Waals surface area contributed by atoms with Crippen LogP contribution in [-0.2, 0) is 4.79 Å². The SMILES string of the molecule is CC(C)N(C(=O)CSc1nnc(NC(=O)c2c(F)cccc2F)s1)C(C)C. The largest absolute Gasteiger partial charge is 0.337 e. The molecule has 0 fully saturated rings. The van der Waals surface area contributed by atoms with Gasteiger partial charge in [0.15, 0.2) is 4.34 Å². The van der Waals surface area contributed by atoms with Crippen LogP contribution in [-0.4, -0.2) is 44.7 Å². The van der Waals surface area contributed by atoms with Crippen molar-refractivity contribution in [3.8, 4) is 0 Å². The standard InChI is InChI=1S/C17H20F2N4O2S2/c1-9(2)23(10(3)4)13(24)8-26-17-22-21-16(27-17)20-15(25)14-11(18)6-5-7-12(14)19/h5-7,9-10H,8H2,1-4H3,(H,20,21,25). The van der Waals surface area contributed by atoms with E-state index in [1.807, 2.05) is 27.7 Å². The highest BCUT2D eigenvalue weighted by Gasteiger charge is 2.22. The molecule has 0 bridgehead atoms. The highest BCUT2D eigenvalue weighted by Crippen LogP contribution is 2.27. The monoisotopic (exact) mass is 414 g/mol. The highest BCUT2D eigenvalue weighted by molar-refractivity contribution is 8.01. The molecule has 0 saturated heterocycles. The summed E-state index contributed by atoms with van der Waals surface area (Å²) in [4.78, 5) is 26.2. The second-order valence-electron chi connectivity index (χ2n) is 6.20. The first-order chi connectivity index (χ1) is 12.7. The van der Waals surface area contributed by atoms with E-state index < -0.39 is 23.1 Å². The van der Waals surface area contributed by atoms with Crippen molar-refractivity contribution in [3.63, 3.8) is 0 Å². The van der Waals surface area contributed by atoms with Crippen LogP contribution >= 0.6 is 23.1 Å². The summed E-state index contributed by atoms with van der Waals surface area (Å²) >= 11 is 2.23. The lowest BCUT2D eigenvalue weighted by Crippen LogP contribution is -2.43. The van der Waals surface area contributed by atoms with E-state index in [9.17, 15) is 18.4 Å². The van der Waals surface area contributed by atoms with E-state index in [1.54, 1.807) is 4.90 Å². The number of carbonyl (C=O) groups is 2. The molecule has 1 heterocycles. The third kappa shape index (κ3) is 5.46. The van der Waals surface area contributed by atoms with E-state index in [-0.39, 0.29) is 28.9 Å². The fourth-order valence-corrected chi connectivity index (χ4v) is 4.18. The summed E-state index contributed by atoms with van der Waals surface area (Å²) in [7, 11) is 0. The third-order valence-corrected chi connectivity index (χ3v) is 5.49. The van der Waals surface area contributed by atoms with Crippen LogP contribution in [0, 0.1) is 11.6 Å². The molecule has 0 radical (unpaired) electrons. The number of anilines is 1. The maximum Gasteiger partial charge on any atom is 0.263 e. The van der Waals surface area contributed by atoms with Crippen LogP contribution in [0.25, 0.3) is 0 Å². The Morgan fingerprint density at radius 1 is 1.15 bits per heavy atom. The second kappa shape index (κ2) is 9.23. The molecule has 27 heavy (non-hydrogen) atoms. The Hall–Kier alpha value is -2.07. The summed E-state index contributed by atoms with van der Waals surface area (Å²) in [6.07, 6.45) is 0. The van der Waals surface area contributed by atoms with E-state index in [1.165, 1.54) is 17.8 Å². The summed E-state index contributed by atoms with van der Waals surface area (Å²) in [5.74, 6) is -2.71. The zero-order chi connectivity index (χ0) is 20.1. The molecular formula is C17H20F2N4O2S2. The van der Waals surface area contributed by atoms with E-state index in [0.717, 1.165) is 23.5 Å². The first-order valence-corrected chi connectivity index (χ1v) is 10.0. The number of nitrogens with one attached hydrogen (secondary N) is 1. The normalized spacial score (nSPS) is 11.1. The van der Waals surface area contributed by atoms with Gasteiger partial charge in [0.2, 0.25) is 11.0 Å². The van der Waals surface area contributed by atoms with E-state index in [0.29, 0.717) is 4.34 Å². The topological polar surface area (TPSA) is 75.2 Å². The Balaban J connectivity index is 1.99. The quantitative estimate of drug-likeness (QED) is 0.551. The van der Waals surface area contributed by atoms with Gasteiger partial charge in [-0.3, -0.25) is 14.9 Å². The number of thioether (sulfide) groups is 1. The zero-order valence-corrected chi connectivity index (χ0v) is 17.0. The maximum absolute atomic E-state index is 13.6. The van der Waals surface area contributed by atoms with Crippen molar-refractivity contribution in [3.05, 3.63) is 35.4 Å². The average Bonchev–Trinajstić information content (AvgIpc) is 2.99. The number of halogens is 2. The van der Waals surface area contributed by atoms with Gasteiger partial charge in [-0.1, -0.05) is 29.2 Å². The molecule has 146 valence electrons. The Bertz CT molecular complexity index is 799. The first kappa shape index (κ1) is 21.2. The number of hydrogen-bond donors (Lipinski definition) is 1. The van der Waals surface area contributed by atoms with Crippen molar-refractivity contribution in [2.75, 3.05) is 11.1 Å². The maximum atomic E-state index is 13.6. The molecule has 0 unspecified atom stereocenters. The van der Waals surface area contributed by atoms with E-state index in [4.69, 9.17) is 0 Å². The van der Waals surface area contributed by atoms with Crippen molar-refractivity contribution >= 4 is 40.0 Å². The molecule has 6 nitrogen and oxygen atoms in total. The van der Waals surface area contributed by atoms with Crippen LogP contribution < -0.4 is 5.32 Å². The molecule has 1 aromatic carbocycles. The molecule has 1 aromatic heterocycles. The van der Waals surface area contributed by atoms with Crippen molar-refractivity contribution in [2.45, 2.75) is 44.1 Å². The van der Waals surface area contributed by atoms with Crippen LogP contribution in [0.1, 0.15) is 38.1 Å². The van der Waals surface area contributed by atoms with Gasteiger partial charge in [-0.2, -0.15) is 0 Å². The molecule has 2 amide bonds. The van der Waals surface area contributed by atoms with Crippen LogP contribution in [0.4, 0.5) is 13.9 Å². The van der Waals surface area contributed by atoms with Gasteiger partial charge in [-0.05, 0) is 39.8 Å². The second-order valence-corrected chi connectivity index (χ2v) is 8.40. The van der Waals surface area contributed by atoms with Gasteiger partial charge in [0, 0.05) is 12.1 Å². The van der Waals surface area contributed by atoms with Crippen molar-refractivity contribution < 1.29 is 18.4 Å². The molecule has 2 rings (SSSR count). The number of benzene rings is 1. The van der Waals surface area contributed by atoms with Crippen LogP contribution in [0.15, 0.2) is 22.5 Å². The lowest BCUT2D eigenvalue weighted by Gasteiger charge is -2.30. The van der Waals surface area contributed by atoms with Gasteiger partial charge in [0.1, 0.15) is 17.2 Å². The molecule has 0 saturated carbocycles. The molecular weight excluding hydrogens is 394 g/mol. The first-order valence-electron chi connectivity index (χ1n) is 8.23. The van der Waals surface area contributed by atoms with Crippen molar-refractivity contribution in [1.29, 1.82) is 0 Å². The zero-order valence-electron chi connectivity index (χ0n) is 15.3. The number of aromatic nitrogens is 2. The van der Waals surface area contributed by atoms with E-state index in [2.05, 4.69) is 15.5 Å². The number of amides is 2. The summed E-state index contributed by atoms with van der Waals surface area (Å²) in [6.45, 7) is 7.79. The van der Waals surface area contributed by atoms with Crippen LogP contribution in [0.5, 0.6) is 0 Å². The van der Waals surface area contributed by atoms with Crippen LogP contribution in [0.3, 0.4) is 0 Å². The minimum absolute atomic E-state index is 0.0285. The Kier molecular flexibility index (Phi) is 7.25. The highest BCUT2D eigenvalue weighted by atomic mass is 32.2. The molecule has 0 aliphatic carbocycles. The van der Waals surface area contributed by atoms with Gasteiger partial charge in [0.05, 0.1) is 5.75 Å². The van der Waals surface area contributed by atoms with Gasteiger partial charge < -0.3 is 4.90 Å². The minimum atomic E-state index is -0.959. The van der Waals surface area contributed by atoms with Crippen molar-refractivity contribution in [1.82, 2.24) is 15.1 Å². The molecule has 2 aromatic rings. The average molecular weight is 415 g/mol. The summed E-state index contributed by atoms with van der Waals surface area (Å²) < 4.78 is 27.8. The van der Waals surface area contributed by atoms with Gasteiger partial charge in [0.25, 0.3) is 5.91 Å². The van der Waals surface area contributed by atoms with Gasteiger partial charge in [-0.25, -0.2) is 8.78 Å². The lowest BCUT2D eigenvalue weighted by molar-refractivity contribution is -0.131. The fraction of sp³-hybridized carbons (Fsp3) is 0.412. The Labute approximate surface area is 164 Å². The summed E-state index contributed by atoms with van der Waals surface area (Å²) in [6, 6.07) is 3.34. The molecule has 10 heteroatoms. The summed E-state index contributed by atoms with van der Waals surface area (Å²) in [5.41, 5.74) is -0.679. The number of nitrogens with zero attached hydrogens (tertiary/aromatic N) is 3. The summed E-state index contributed by atoms with van der Waals surface area (Å²) in [5, 5.41) is 10.1. The lowest BCUT2D eigenvalue weighted by atomic mass is 10.2. The predicted octanol–water partition coefficient (Wildman–Crippen LogP) is 3.81. The van der Waals surface area contributed by atoms with Crippen molar-refractivity contribution in [2.24, 2.45) is 0 Å². The molecule has 0 aliphatic rings. The smallest absolute Gasteiger partial charge is 0.263 e. The number of rotatable bonds is 7. The number of hydrogen-bond acceptors (Lipinski definition) is 6. The molecule has 0 spiro atoms. The molecule has 0 aliphatic heterocycles. The van der Waals surface area contributed by atoms with Gasteiger partial charge in [-0.15, -0.1) is 10.2 Å².